The van der Waals surface area contributed by atoms with E-state index in [9.17, 15) is 14.4 Å². The maximum Gasteiger partial charge on any atom is 0.323 e. The van der Waals surface area contributed by atoms with Crippen LogP contribution in [0.25, 0.3) is 0 Å². The summed E-state index contributed by atoms with van der Waals surface area (Å²) >= 11 is 0. The van der Waals surface area contributed by atoms with Gasteiger partial charge in [0.25, 0.3) is 11.8 Å². The van der Waals surface area contributed by atoms with Gasteiger partial charge in [-0.25, -0.2) is 9.78 Å². The van der Waals surface area contributed by atoms with E-state index in [2.05, 4.69) is 27.5 Å². The van der Waals surface area contributed by atoms with Crippen molar-refractivity contribution in [2.24, 2.45) is 0 Å². The van der Waals surface area contributed by atoms with Gasteiger partial charge in [0.1, 0.15) is 11.6 Å². The second kappa shape index (κ2) is 7.08. The molecule has 4 rings (SSSR count). The van der Waals surface area contributed by atoms with E-state index in [1.165, 1.54) is 12.0 Å². The zero-order valence-corrected chi connectivity index (χ0v) is 16.4. The van der Waals surface area contributed by atoms with Crippen LogP contribution in [0.3, 0.4) is 0 Å². The number of fused-ring (bicyclic) bond motifs is 1. The van der Waals surface area contributed by atoms with Crippen LogP contribution in [0.1, 0.15) is 27.2 Å². The van der Waals surface area contributed by atoms with Gasteiger partial charge in [-0.2, -0.15) is 0 Å². The van der Waals surface area contributed by atoms with Crippen LogP contribution >= 0.6 is 0 Å². The molecule has 0 bridgehead atoms. The highest BCUT2D eigenvalue weighted by Crippen LogP contribution is 2.28. The van der Waals surface area contributed by atoms with Crippen LogP contribution in [-0.4, -0.2) is 46.9 Å². The number of carbonyl (C=O) groups excluding carboxylic acids is 3. The minimum absolute atomic E-state index is 0.118. The van der Waals surface area contributed by atoms with Crippen molar-refractivity contribution in [2.75, 3.05) is 19.4 Å². The molecule has 152 valence electrons. The van der Waals surface area contributed by atoms with Gasteiger partial charge in [-0.15, -0.1) is 0 Å². The zero-order valence-electron chi connectivity index (χ0n) is 16.4. The largest absolute Gasteiger partial charge is 0.497 e. The number of imide groups is 1. The SMILES string of the molecule is COc1ccc2c(c1)C(=O)N(C[C@@]1(C#Cc3ccc(C)nc3N)NC(=O)NC1=O)C2. The van der Waals surface area contributed by atoms with E-state index >= 15 is 0 Å². The fourth-order valence-electron chi connectivity index (χ4n) is 3.47. The van der Waals surface area contributed by atoms with E-state index in [-0.39, 0.29) is 18.3 Å². The number of benzene rings is 1. The Kier molecular flexibility index (Phi) is 4.54. The van der Waals surface area contributed by atoms with E-state index in [1.807, 2.05) is 0 Å². The molecule has 0 aliphatic carbocycles. The number of amides is 4. The summed E-state index contributed by atoms with van der Waals surface area (Å²) in [5.74, 6) is 5.54. The average Bonchev–Trinajstić information content (AvgIpc) is 3.16. The van der Waals surface area contributed by atoms with Crippen molar-refractivity contribution in [3.05, 3.63) is 52.7 Å². The predicted molar refractivity (Wildman–Crippen MR) is 107 cm³/mol. The number of rotatable bonds is 3. The lowest BCUT2D eigenvalue weighted by Gasteiger charge is -2.26. The number of aromatic nitrogens is 1. The minimum atomic E-state index is -1.60. The molecule has 3 heterocycles. The van der Waals surface area contributed by atoms with Crippen LogP contribution in [0.2, 0.25) is 0 Å². The zero-order chi connectivity index (χ0) is 21.5. The molecule has 4 N–H and O–H groups in total. The van der Waals surface area contributed by atoms with E-state index in [0.29, 0.717) is 23.4 Å². The van der Waals surface area contributed by atoms with E-state index in [1.54, 1.807) is 37.3 Å². The van der Waals surface area contributed by atoms with Gasteiger partial charge in [-0.3, -0.25) is 14.9 Å². The number of urea groups is 1. The first-order valence-corrected chi connectivity index (χ1v) is 9.17. The summed E-state index contributed by atoms with van der Waals surface area (Å²) in [5.41, 5.74) is 6.76. The maximum absolute atomic E-state index is 12.9. The molecule has 2 aliphatic rings. The molecular weight excluding hydrogens is 386 g/mol. The molecule has 0 radical (unpaired) electrons. The number of pyridine rings is 1. The monoisotopic (exact) mass is 405 g/mol. The van der Waals surface area contributed by atoms with Crippen LogP contribution in [0, 0.1) is 18.8 Å². The summed E-state index contributed by atoms with van der Waals surface area (Å²) < 4.78 is 5.18. The molecule has 1 saturated heterocycles. The molecule has 9 heteroatoms. The van der Waals surface area contributed by atoms with Crippen LogP contribution < -0.4 is 21.1 Å². The molecule has 1 aromatic heterocycles. The first kappa shape index (κ1) is 19.3. The minimum Gasteiger partial charge on any atom is -0.497 e. The second-order valence-corrected chi connectivity index (χ2v) is 7.13. The lowest BCUT2D eigenvalue weighted by atomic mass is 9.99. The van der Waals surface area contributed by atoms with Gasteiger partial charge >= 0.3 is 6.03 Å². The highest BCUT2D eigenvalue weighted by molar-refractivity contribution is 6.10. The summed E-state index contributed by atoms with van der Waals surface area (Å²) in [6.45, 7) is 1.97. The molecule has 4 amide bonds. The average molecular weight is 405 g/mol. The summed E-state index contributed by atoms with van der Waals surface area (Å²) in [4.78, 5) is 43.0. The van der Waals surface area contributed by atoms with Crippen molar-refractivity contribution in [2.45, 2.75) is 19.0 Å². The van der Waals surface area contributed by atoms with Crippen molar-refractivity contribution in [3.63, 3.8) is 0 Å². The molecule has 0 unspecified atom stereocenters. The third kappa shape index (κ3) is 3.28. The van der Waals surface area contributed by atoms with Crippen molar-refractivity contribution >= 4 is 23.7 Å². The Balaban J connectivity index is 1.66. The van der Waals surface area contributed by atoms with Crippen molar-refractivity contribution in [3.8, 4) is 17.6 Å². The summed E-state index contributed by atoms with van der Waals surface area (Å²) in [6, 6.07) is 7.99. The van der Waals surface area contributed by atoms with Gasteiger partial charge in [0.15, 0.2) is 0 Å². The lowest BCUT2D eigenvalue weighted by molar-refractivity contribution is -0.122. The number of hydrogen-bond acceptors (Lipinski definition) is 6. The predicted octanol–water partition coefficient (Wildman–Crippen LogP) is 0.567. The van der Waals surface area contributed by atoms with E-state index in [0.717, 1.165) is 11.3 Å². The van der Waals surface area contributed by atoms with Crippen molar-refractivity contribution in [1.82, 2.24) is 20.5 Å². The number of nitrogens with zero attached hydrogens (tertiary/aromatic N) is 2. The topological polar surface area (TPSA) is 127 Å². The second-order valence-electron chi connectivity index (χ2n) is 7.13. The van der Waals surface area contributed by atoms with Crippen molar-refractivity contribution < 1.29 is 19.1 Å². The Hall–Kier alpha value is -4.06. The number of nitrogens with one attached hydrogen (secondary N) is 2. The first-order valence-electron chi connectivity index (χ1n) is 9.17. The number of aryl methyl sites for hydroxylation is 1. The Morgan fingerprint density at radius 3 is 2.73 bits per heavy atom. The molecule has 2 aromatic rings. The van der Waals surface area contributed by atoms with Crippen LogP contribution in [0.5, 0.6) is 5.75 Å². The number of methoxy groups -OCH3 is 1. The van der Waals surface area contributed by atoms with Gasteiger partial charge in [0, 0.05) is 17.8 Å². The standard InChI is InChI=1S/C21H19N5O4/c1-12-3-4-13(17(22)23-12)7-8-21(19(28)24-20(29)25-21)11-26-10-14-5-6-15(30-2)9-16(14)18(26)27/h3-6,9H,10-11H2,1-2H3,(H2,22,23)(H2,24,25,28,29)/t21-/m1/s1. The molecule has 1 atom stereocenters. The summed E-state index contributed by atoms with van der Waals surface area (Å²) in [6.07, 6.45) is 0. The Morgan fingerprint density at radius 1 is 1.27 bits per heavy atom. The lowest BCUT2D eigenvalue weighted by Crippen LogP contribution is -2.54. The molecule has 9 nitrogen and oxygen atoms in total. The van der Waals surface area contributed by atoms with Crippen LogP contribution in [0.15, 0.2) is 30.3 Å². The highest BCUT2D eigenvalue weighted by Gasteiger charge is 2.48. The molecule has 1 aromatic carbocycles. The van der Waals surface area contributed by atoms with Gasteiger partial charge < -0.3 is 20.7 Å². The maximum atomic E-state index is 12.9. The Morgan fingerprint density at radius 2 is 2.07 bits per heavy atom. The highest BCUT2D eigenvalue weighted by atomic mass is 16.5. The summed E-state index contributed by atoms with van der Waals surface area (Å²) in [5, 5.41) is 4.76. The van der Waals surface area contributed by atoms with Gasteiger partial charge in [0.2, 0.25) is 5.54 Å². The fraction of sp³-hybridized carbons (Fsp3) is 0.238. The third-order valence-corrected chi connectivity index (χ3v) is 5.04. The number of nitrogens with two attached hydrogens (primary N) is 1. The van der Waals surface area contributed by atoms with Gasteiger partial charge in [-0.05, 0) is 36.8 Å². The number of anilines is 1. The first-order chi connectivity index (χ1) is 14.3. The number of hydrogen-bond donors (Lipinski definition) is 3. The van der Waals surface area contributed by atoms with Crippen LogP contribution in [-0.2, 0) is 11.3 Å². The Labute approximate surface area is 172 Å². The number of ether oxygens (including phenoxy) is 1. The third-order valence-electron chi connectivity index (χ3n) is 5.04. The summed E-state index contributed by atoms with van der Waals surface area (Å²) in [7, 11) is 1.52. The van der Waals surface area contributed by atoms with E-state index in [4.69, 9.17) is 10.5 Å². The molecule has 0 spiro atoms. The fourth-order valence-corrected chi connectivity index (χ4v) is 3.47. The quantitative estimate of drug-likeness (QED) is 0.506. The molecular formula is C21H19N5O4. The number of carbonyl (C=O) groups is 3. The van der Waals surface area contributed by atoms with Gasteiger partial charge in [0.05, 0.1) is 19.2 Å². The van der Waals surface area contributed by atoms with Gasteiger partial charge in [-0.1, -0.05) is 17.9 Å². The molecule has 1 fully saturated rings. The Bertz CT molecular complexity index is 1150. The smallest absolute Gasteiger partial charge is 0.323 e. The van der Waals surface area contributed by atoms with E-state index < -0.39 is 17.5 Å². The van der Waals surface area contributed by atoms with Crippen molar-refractivity contribution in [1.29, 1.82) is 0 Å². The number of nitrogen functional groups attached to an aromatic ring is 1. The van der Waals surface area contributed by atoms with Crippen LogP contribution in [0.4, 0.5) is 10.6 Å². The molecule has 30 heavy (non-hydrogen) atoms. The molecule has 2 aliphatic heterocycles. The molecule has 0 saturated carbocycles. The normalized spacial score (nSPS) is 19.7.